The van der Waals surface area contributed by atoms with Crippen LogP contribution in [0.15, 0.2) is 170 Å². The lowest BCUT2D eigenvalue weighted by Gasteiger charge is -2.21. The second-order valence-corrected chi connectivity index (χ2v) is 33.6. The largest absolute Gasteiger partial charge is 0.472 e. The number of esters is 3. The molecule has 18 heteroatoms. The van der Waals surface area contributed by atoms with Crippen molar-refractivity contribution >= 4 is 33.6 Å². The van der Waals surface area contributed by atoms with Crippen molar-refractivity contribution in [1.82, 2.24) is 0 Å². The Hall–Kier alpha value is -5.09. The Morgan fingerprint density at radius 1 is 0.248 bits per heavy atom. The molecule has 0 aromatic rings. The Kier molecular flexibility index (Phi) is 86.2. The molecule has 670 valence electrons. The Balaban J connectivity index is 4.57. The first-order valence-corrected chi connectivity index (χ1v) is 49.4. The fraction of sp³-hybridized carbons (Fsp3) is 0.687. The molecule has 0 aromatic heterocycles. The summed E-state index contributed by atoms with van der Waals surface area (Å²) in [7, 11) is -9.82. The van der Waals surface area contributed by atoms with Crippen LogP contribution in [0.5, 0.6) is 0 Å². The number of ether oxygens (including phenoxy) is 3. The van der Waals surface area contributed by atoms with Crippen LogP contribution in [-0.4, -0.2) is 95.9 Å². The third-order valence-corrected chi connectivity index (χ3v) is 21.3. The van der Waals surface area contributed by atoms with Gasteiger partial charge in [0.25, 0.3) is 0 Å². The summed E-state index contributed by atoms with van der Waals surface area (Å²) in [6.07, 6.45) is 117. The quantitative estimate of drug-likeness (QED) is 0.0146. The zero-order chi connectivity index (χ0) is 85.1. The number of allylic oxidation sites excluding steroid dienone is 28. The second kappa shape index (κ2) is 90.2. The van der Waals surface area contributed by atoms with E-state index in [9.17, 15) is 43.5 Å². The van der Waals surface area contributed by atoms with E-state index in [0.717, 1.165) is 167 Å². The molecule has 5 unspecified atom stereocenters. The lowest BCUT2D eigenvalue weighted by Crippen LogP contribution is -2.30. The van der Waals surface area contributed by atoms with E-state index in [0.29, 0.717) is 19.3 Å². The molecule has 0 aliphatic carbocycles. The summed E-state index contributed by atoms with van der Waals surface area (Å²) in [5, 5.41) is 20.7. The molecule has 0 spiro atoms. The molecule has 0 aromatic carbocycles. The van der Waals surface area contributed by atoms with Crippen LogP contribution < -0.4 is 0 Å². The molecule has 0 radical (unpaired) electrons. The average Bonchev–Trinajstić information content (AvgIpc) is 0.899. The summed E-state index contributed by atoms with van der Waals surface area (Å²) < 4.78 is 61.4. The summed E-state index contributed by atoms with van der Waals surface area (Å²) in [5.74, 6) is -1.61. The zero-order valence-electron chi connectivity index (χ0n) is 73.8. The van der Waals surface area contributed by atoms with Crippen molar-refractivity contribution < 1.29 is 75.8 Å². The van der Waals surface area contributed by atoms with Crippen LogP contribution in [0.2, 0.25) is 0 Å². The minimum atomic E-state index is -4.95. The smallest absolute Gasteiger partial charge is 0.463 e. The Labute approximate surface area is 713 Å². The van der Waals surface area contributed by atoms with Crippen LogP contribution in [0.4, 0.5) is 0 Å². The number of aliphatic hydroxyl groups is 2. The third-order valence-electron chi connectivity index (χ3n) is 19.4. The van der Waals surface area contributed by atoms with Gasteiger partial charge in [0, 0.05) is 19.3 Å². The molecule has 4 N–H and O–H groups in total. The van der Waals surface area contributed by atoms with Gasteiger partial charge in [0.15, 0.2) is 6.10 Å². The minimum absolute atomic E-state index is 0.0807. The fourth-order valence-electron chi connectivity index (χ4n) is 12.4. The summed E-state index contributed by atoms with van der Waals surface area (Å²) in [4.78, 5) is 59.0. The number of hydrogen-bond donors (Lipinski definition) is 4. The predicted octanol–water partition coefficient (Wildman–Crippen LogP) is 28.7. The van der Waals surface area contributed by atoms with Crippen molar-refractivity contribution in [2.45, 2.75) is 399 Å². The van der Waals surface area contributed by atoms with E-state index >= 15 is 0 Å². The normalized spacial score (nSPS) is 14.6. The highest BCUT2D eigenvalue weighted by molar-refractivity contribution is 7.47. The number of phosphoric ester groups is 2. The topological polar surface area (TPSA) is 231 Å². The molecule has 0 aliphatic rings. The van der Waals surface area contributed by atoms with Gasteiger partial charge in [0.05, 0.1) is 26.4 Å². The third kappa shape index (κ3) is 91.5. The maximum absolute atomic E-state index is 13.1. The lowest BCUT2D eigenvalue weighted by atomic mass is 10.0. The monoisotopic (exact) mass is 1680 g/mol. The highest BCUT2D eigenvalue weighted by Crippen LogP contribution is 2.45. The van der Waals surface area contributed by atoms with Crippen LogP contribution in [0, 0.1) is 0 Å². The van der Waals surface area contributed by atoms with Gasteiger partial charge in [-0.3, -0.25) is 32.5 Å². The number of aliphatic hydroxyl groups excluding tert-OH is 2. The van der Waals surface area contributed by atoms with Crippen LogP contribution in [0.25, 0.3) is 0 Å². The van der Waals surface area contributed by atoms with Crippen LogP contribution in [-0.2, 0) is 55.8 Å². The van der Waals surface area contributed by atoms with Crippen LogP contribution >= 0.6 is 15.6 Å². The summed E-state index contributed by atoms with van der Waals surface area (Å²) in [5.41, 5.74) is 0. The zero-order valence-corrected chi connectivity index (χ0v) is 75.6. The lowest BCUT2D eigenvalue weighted by molar-refractivity contribution is -0.161. The Morgan fingerprint density at radius 2 is 0.453 bits per heavy atom. The highest BCUT2D eigenvalue weighted by Gasteiger charge is 2.29. The van der Waals surface area contributed by atoms with E-state index in [1.54, 1.807) is 0 Å². The van der Waals surface area contributed by atoms with Crippen molar-refractivity contribution in [3.63, 3.8) is 0 Å². The molecular formula is C99H168O16P2. The molecule has 0 fully saturated rings. The SMILES string of the molecule is CC/C=C\C/C=C\C/C=C\C/C=C\C/C=C\C/C=C\CCCCCCC(=O)OCC(COP(=O)(O)OCC(O)COP(=O)(O)OCC(O)COC(=O)CCCCCCCCCCCCCCCCCCCCC/C=C\C/C=C\C/C=C\C/C=C\CCCCC)OC(=O)CCCCCCCCC/C=C\C/C=C\C/C=C\C/C=C\CCCCC. The molecule has 0 amide bonds. The molecule has 117 heavy (non-hydrogen) atoms. The number of carbonyl (C=O) groups excluding carboxylic acids is 3. The Morgan fingerprint density at radius 3 is 0.718 bits per heavy atom. The molecule has 0 saturated carbocycles. The maximum Gasteiger partial charge on any atom is 0.472 e. The van der Waals surface area contributed by atoms with E-state index < -0.39 is 91.5 Å². The molecule has 5 atom stereocenters. The number of phosphoric acid groups is 2. The van der Waals surface area contributed by atoms with Gasteiger partial charge in [-0.2, -0.15) is 0 Å². The van der Waals surface area contributed by atoms with Gasteiger partial charge >= 0.3 is 33.6 Å². The molecule has 0 heterocycles. The number of unbranched alkanes of at least 4 members (excludes halogenated alkanes) is 36. The van der Waals surface area contributed by atoms with Crippen molar-refractivity contribution in [2.75, 3.05) is 39.6 Å². The molecule has 0 rings (SSSR count). The van der Waals surface area contributed by atoms with Gasteiger partial charge < -0.3 is 34.2 Å². The maximum atomic E-state index is 13.1. The highest BCUT2D eigenvalue weighted by atomic mass is 31.2. The summed E-state index contributed by atoms with van der Waals surface area (Å²) >= 11 is 0. The van der Waals surface area contributed by atoms with Gasteiger partial charge in [-0.25, -0.2) is 9.13 Å². The molecular weight excluding hydrogens is 1510 g/mol. The van der Waals surface area contributed by atoms with Crippen molar-refractivity contribution in [2.24, 2.45) is 0 Å². The first-order chi connectivity index (χ1) is 57.2. The number of carbonyl (C=O) groups is 3. The van der Waals surface area contributed by atoms with Crippen LogP contribution in [0.1, 0.15) is 380 Å². The first-order valence-electron chi connectivity index (χ1n) is 46.4. The summed E-state index contributed by atoms with van der Waals surface area (Å²) in [6, 6.07) is 0. The predicted molar refractivity (Wildman–Crippen MR) is 491 cm³/mol. The van der Waals surface area contributed by atoms with Crippen molar-refractivity contribution in [3.05, 3.63) is 170 Å². The van der Waals surface area contributed by atoms with Gasteiger partial charge in [0.1, 0.15) is 25.4 Å². The second-order valence-electron chi connectivity index (χ2n) is 30.7. The van der Waals surface area contributed by atoms with Crippen molar-refractivity contribution in [1.29, 1.82) is 0 Å². The fourth-order valence-corrected chi connectivity index (χ4v) is 14.0. The van der Waals surface area contributed by atoms with Gasteiger partial charge in [-0.05, 0) is 161 Å². The first kappa shape index (κ1) is 112. The molecule has 0 aliphatic heterocycles. The average molecular weight is 1680 g/mol. The van der Waals surface area contributed by atoms with E-state index in [1.165, 1.54) is 154 Å². The molecule has 0 saturated heterocycles. The van der Waals surface area contributed by atoms with E-state index in [1.807, 2.05) is 0 Å². The Bertz CT molecular complexity index is 2810. The van der Waals surface area contributed by atoms with E-state index in [4.69, 9.17) is 32.3 Å². The minimum Gasteiger partial charge on any atom is -0.463 e. The van der Waals surface area contributed by atoms with E-state index in [-0.39, 0.29) is 19.3 Å². The molecule has 0 bridgehead atoms. The number of hydrogen-bond acceptors (Lipinski definition) is 14. The van der Waals surface area contributed by atoms with E-state index in [2.05, 4.69) is 191 Å². The number of rotatable bonds is 87. The van der Waals surface area contributed by atoms with Gasteiger partial charge in [0.2, 0.25) is 0 Å². The van der Waals surface area contributed by atoms with Gasteiger partial charge in [-0.15, -0.1) is 0 Å². The van der Waals surface area contributed by atoms with Gasteiger partial charge in [-0.1, -0.05) is 371 Å². The standard InChI is InChI=1S/C99H168O16P2/c1-4-7-10-13-16-19-22-25-28-31-34-37-40-41-42-43-44-45-46-47-48-49-50-51-54-56-58-61-64-67-70-73-76-79-82-85-97(102)109-88-94(100)89-111-116(105,106)112-90-95(101)91-113-117(107,108)114-93-96(115-99(104)87-84-81-78-75-72-69-66-63-60-57-53-39-36-33-30-27-24-21-18-15-12-9-6-3)92-110-98(103)86-83-80-77-74-71-68-65-62-59-55-52-38-35-32-29-26-23-20-17-14-11-8-5-2/h8,11,16-21,25-30,34-39,41-42,55,57,59-60,65,68,94-96,100-101H,4-7,9-10,12-15,22-24,31-33,40,43-54,56,58,61-64,66-67,69-93H2,1-3H3,(H,105,106)(H,107,108)/b11-8-,19-16-,20-17-,21-18-,28-25-,29-26-,30-27-,37-34-,38-35-,39-36-,42-41-,59-55-,60-57-,68-65-. The van der Waals surface area contributed by atoms with Crippen LogP contribution in [0.3, 0.4) is 0 Å². The summed E-state index contributed by atoms with van der Waals surface area (Å²) in [6.45, 7) is 2.50. The molecule has 16 nitrogen and oxygen atoms in total. The van der Waals surface area contributed by atoms with Crippen molar-refractivity contribution in [3.8, 4) is 0 Å².